The molecule has 3 nitrogen and oxygen atoms in total. The highest BCUT2D eigenvalue weighted by molar-refractivity contribution is 8.76. The molecule has 0 aliphatic rings. The molecule has 2 N–H and O–H groups in total. The molecule has 0 aliphatic carbocycles. The summed E-state index contributed by atoms with van der Waals surface area (Å²) >= 11 is 0. The minimum Gasteiger partial charge on any atom is -0.330 e. The maximum atomic E-state index is 5.54. The third kappa shape index (κ3) is 9.94. The quantitative estimate of drug-likeness (QED) is 0.141. The van der Waals surface area contributed by atoms with E-state index in [9.17, 15) is 0 Å². The largest absolute Gasteiger partial charge is 0.330 e. The molecule has 1 aromatic carbocycles. The molecule has 1 rings (SSSR count). The number of allylic oxidation sites excluding steroid dienone is 2. The summed E-state index contributed by atoms with van der Waals surface area (Å²) in [4.78, 5) is 2.18. The van der Waals surface area contributed by atoms with Crippen LogP contribution in [0, 0.1) is 0 Å². The highest BCUT2D eigenvalue weighted by atomic mass is 33.1. The molecule has 1 aromatic rings. The number of rotatable bonds is 12. The summed E-state index contributed by atoms with van der Waals surface area (Å²) in [7, 11) is 10.7. The average molecular weight is 411 g/mol. The summed E-state index contributed by atoms with van der Waals surface area (Å²) in [5.74, 6) is 2.09. The Bertz CT molecular complexity index is 596. The molecule has 0 saturated heterocycles. The topological polar surface area (TPSA) is 32.3 Å². The summed E-state index contributed by atoms with van der Waals surface area (Å²) in [6, 6.07) is 8.78. The van der Waals surface area contributed by atoms with Crippen LogP contribution in [-0.2, 0) is 6.54 Å². The van der Waals surface area contributed by atoms with Gasteiger partial charge in [-0.1, -0.05) is 45.9 Å². The van der Waals surface area contributed by atoms with Gasteiger partial charge in [0, 0.05) is 31.8 Å². The molecule has 0 aromatic heterocycles. The minimum absolute atomic E-state index is 0.746. The Balaban J connectivity index is 2.70. The molecule has 0 spiro atoms. The van der Waals surface area contributed by atoms with Crippen LogP contribution in [-0.4, -0.2) is 60.5 Å². The normalized spacial score (nSPS) is 13.2. The van der Waals surface area contributed by atoms with Gasteiger partial charge < -0.3 is 10.6 Å². The number of hydrogen-bond donors (Lipinski definition) is 1. The first-order valence-electron chi connectivity index (χ1n) is 8.93. The van der Waals surface area contributed by atoms with Crippen LogP contribution in [0.15, 0.2) is 42.1 Å². The third-order valence-corrected chi connectivity index (χ3v) is 6.25. The van der Waals surface area contributed by atoms with Crippen LogP contribution in [0.25, 0.3) is 6.08 Å². The number of nitrogens with two attached hydrogens (primary N) is 1. The summed E-state index contributed by atoms with van der Waals surface area (Å²) in [6.45, 7) is 4.82. The standard InChI is InChI=1S/C20H33N3PS2/c1-4-23(13-16-26-25-15-12-21)20(11-14-24)10-9-18-5-7-19(8-6-18)17-22(2)3/h4-11H,12-17,21,24H2,1-3H3/q+1/b10-9+,20-11-,23-4?. The molecule has 26 heavy (non-hydrogen) atoms. The highest BCUT2D eigenvalue weighted by Gasteiger charge is 2.08. The fourth-order valence-electron chi connectivity index (χ4n) is 2.39. The van der Waals surface area contributed by atoms with Gasteiger partial charge in [-0.05, 0) is 43.5 Å². The van der Waals surface area contributed by atoms with Crippen LogP contribution in [0.1, 0.15) is 18.1 Å². The third-order valence-electron chi connectivity index (χ3n) is 3.60. The van der Waals surface area contributed by atoms with Crippen molar-refractivity contribution >= 4 is 43.1 Å². The van der Waals surface area contributed by atoms with E-state index in [0.717, 1.165) is 37.3 Å². The van der Waals surface area contributed by atoms with Gasteiger partial charge >= 0.3 is 0 Å². The van der Waals surface area contributed by atoms with Crippen LogP contribution in [0.2, 0.25) is 0 Å². The van der Waals surface area contributed by atoms with E-state index in [1.54, 1.807) is 0 Å². The molecule has 1 unspecified atom stereocenters. The fourth-order valence-corrected chi connectivity index (χ4v) is 4.46. The van der Waals surface area contributed by atoms with Gasteiger partial charge in [0.05, 0.1) is 5.75 Å². The monoisotopic (exact) mass is 410 g/mol. The van der Waals surface area contributed by atoms with Crippen molar-refractivity contribution < 1.29 is 4.58 Å². The molecule has 0 aliphatic heterocycles. The first-order valence-corrected chi connectivity index (χ1v) is 12.2. The Labute approximate surface area is 169 Å². The first kappa shape index (κ1) is 23.5. The first-order chi connectivity index (χ1) is 12.6. The van der Waals surface area contributed by atoms with Gasteiger partial charge in [0.1, 0.15) is 6.21 Å². The molecule has 0 saturated carbocycles. The lowest BCUT2D eigenvalue weighted by atomic mass is 10.1. The zero-order valence-electron chi connectivity index (χ0n) is 16.2. The maximum Gasteiger partial charge on any atom is 0.201 e. The lowest BCUT2D eigenvalue weighted by Crippen LogP contribution is -2.14. The average Bonchev–Trinajstić information content (AvgIpc) is 2.63. The van der Waals surface area contributed by atoms with Crippen LogP contribution >= 0.6 is 30.8 Å². The predicted octanol–water partition coefficient (Wildman–Crippen LogP) is 3.96. The molecule has 0 bridgehead atoms. The molecule has 0 fully saturated rings. The number of benzene rings is 1. The van der Waals surface area contributed by atoms with Gasteiger partial charge in [0.2, 0.25) is 5.70 Å². The molecule has 0 radical (unpaired) electrons. The second kappa shape index (κ2) is 14.5. The van der Waals surface area contributed by atoms with E-state index in [0.29, 0.717) is 0 Å². The van der Waals surface area contributed by atoms with E-state index in [4.69, 9.17) is 5.73 Å². The second-order valence-electron chi connectivity index (χ2n) is 6.06. The Morgan fingerprint density at radius 2 is 1.88 bits per heavy atom. The summed E-state index contributed by atoms with van der Waals surface area (Å²) in [5.41, 5.74) is 9.34. The van der Waals surface area contributed by atoms with Crippen LogP contribution < -0.4 is 5.73 Å². The van der Waals surface area contributed by atoms with Gasteiger partial charge in [-0.15, -0.1) is 9.24 Å². The molecule has 144 valence electrons. The second-order valence-corrected chi connectivity index (χ2v) is 9.24. The maximum absolute atomic E-state index is 5.54. The molecular formula is C20H33N3PS2+. The van der Waals surface area contributed by atoms with Crippen molar-refractivity contribution in [2.45, 2.75) is 13.5 Å². The summed E-state index contributed by atoms with van der Waals surface area (Å²) in [6.07, 6.45) is 9.76. The van der Waals surface area contributed by atoms with Gasteiger partial charge in [-0.3, -0.25) is 0 Å². The van der Waals surface area contributed by atoms with Crippen molar-refractivity contribution in [1.29, 1.82) is 0 Å². The molecule has 1 atom stereocenters. The van der Waals surface area contributed by atoms with Gasteiger partial charge in [0.25, 0.3) is 0 Å². The van der Waals surface area contributed by atoms with E-state index in [-0.39, 0.29) is 0 Å². The van der Waals surface area contributed by atoms with Gasteiger partial charge in [-0.25, -0.2) is 4.58 Å². The van der Waals surface area contributed by atoms with Crippen molar-refractivity contribution in [1.82, 2.24) is 4.90 Å². The van der Waals surface area contributed by atoms with Crippen molar-refractivity contribution in [3.8, 4) is 0 Å². The lowest BCUT2D eigenvalue weighted by Gasteiger charge is -2.09. The Morgan fingerprint density at radius 1 is 1.19 bits per heavy atom. The van der Waals surface area contributed by atoms with Crippen molar-refractivity contribution in [3.63, 3.8) is 0 Å². The zero-order valence-corrected chi connectivity index (χ0v) is 19.0. The van der Waals surface area contributed by atoms with E-state index < -0.39 is 0 Å². The minimum atomic E-state index is 0.746. The highest BCUT2D eigenvalue weighted by Crippen LogP contribution is 2.20. The molecule has 0 heterocycles. The zero-order chi connectivity index (χ0) is 19.2. The van der Waals surface area contributed by atoms with Crippen molar-refractivity contribution in [2.75, 3.05) is 44.9 Å². The molecule has 0 amide bonds. The lowest BCUT2D eigenvalue weighted by molar-refractivity contribution is -0.462. The van der Waals surface area contributed by atoms with Gasteiger partial charge in [0.15, 0.2) is 6.54 Å². The van der Waals surface area contributed by atoms with E-state index in [1.165, 1.54) is 16.8 Å². The summed E-state index contributed by atoms with van der Waals surface area (Å²) in [5, 5.41) is 0. The molecular weight excluding hydrogens is 377 g/mol. The van der Waals surface area contributed by atoms with Crippen LogP contribution in [0.5, 0.6) is 0 Å². The Kier molecular flexibility index (Phi) is 13.1. The summed E-state index contributed by atoms with van der Waals surface area (Å²) < 4.78 is 2.32. The SMILES string of the molecule is CC=[N+](CCSSCCN)C(=C\CP)/C=C/c1ccc(CN(C)C)cc1. The van der Waals surface area contributed by atoms with E-state index in [2.05, 4.69) is 88.4 Å². The van der Waals surface area contributed by atoms with Gasteiger partial charge in [-0.2, -0.15) is 0 Å². The molecule has 6 heteroatoms. The van der Waals surface area contributed by atoms with E-state index >= 15 is 0 Å². The Morgan fingerprint density at radius 3 is 2.46 bits per heavy atom. The Hall–Kier alpha value is -0.580. The predicted molar refractivity (Wildman–Crippen MR) is 126 cm³/mol. The number of nitrogens with zero attached hydrogens (tertiary/aromatic N) is 2. The smallest absolute Gasteiger partial charge is 0.201 e. The fraction of sp³-hybridized carbons (Fsp3) is 0.450. The number of hydrogen-bond acceptors (Lipinski definition) is 4. The van der Waals surface area contributed by atoms with E-state index in [1.807, 2.05) is 21.6 Å². The van der Waals surface area contributed by atoms with Crippen molar-refractivity contribution in [2.24, 2.45) is 5.73 Å². The van der Waals surface area contributed by atoms with Crippen LogP contribution in [0.3, 0.4) is 0 Å². The van der Waals surface area contributed by atoms with Crippen molar-refractivity contribution in [3.05, 3.63) is 53.2 Å². The van der Waals surface area contributed by atoms with Crippen LogP contribution in [0.4, 0.5) is 0 Å².